The molecule has 0 aromatic carbocycles. The third kappa shape index (κ3) is 3.18. The fourth-order valence-corrected chi connectivity index (χ4v) is 4.35. The summed E-state index contributed by atoms with van der Waals surface area (Å²) < 4.78 is 0. The monoisotopic (exact) mass is 281 g/mol. The quantitative estimate of drug-likeness (QED) is 0.899. The molecular weight excluding hydrogens is 254 g/mol. The maximum atomic E-state index is 4.21. The molecule has 1 heterocycles. The van der Waals surface area contributed by atoms with Crippen molar-refractivity contribution in [1.82, 2.24) is 15.2 Å². The van der Waals surface area contributed by atoms with E-state index in [4.69, 9.17) is 0 Å². The summed E-state index contributed by atoms with van der Waals surface area (Å²) in [5.41, 5.74) is 2.23. The first kappa shape index (κ1) is 14.9. The molecule has 1 aliphatic carbocycles. The molecule has 4 heteroatoms. The van der Waals surface area contributed by atoms with E-state index in [-0.39, 0.29) is 5.54 Å². The van der Waals surface area contributed by atoms with Gasteiger partial charge in [-0.05, 0) is 39.9 Å². The summed E-state index contributed by atoms with van der Waals surface area (Å²) in [6, 6.07) is 0.505. The molecule has 0 bridgehead atoms. The highest BCUT2D eigenvalue weighted by Gasteiger charge is 2.43. The van der Waals surface area contributed by atoms with E-state index in [1.165, 1.54) is 30.6 Å². The summed E-state index contributed by atoms with van der Waals surface area (Å²) in [6.07, 6.45) is 8.43. The number of nitrogens with one attached hydrogen (secondary N) is 1. The van der Waals surface area contributed by atoms with Crippen LogP contribution < -0.4 is 5.32 Å². The first-order chi connectivity index (χ1) is 9.08. The number of aromatic nitrogens is 1. The first-order valence-corrected chi connectivity index (χ1v) is 8.18. The summed E-state index contributed by atoms with van der Waals surface area (Å²) in [4.78, 5) is 8.07. The lowest BCUT2D eigenvalue weighted by atomic mass is 9.70. The van der Waals surface area contributed by atoms with Crippen LogP contribution in [0.25, 0.3) is 0 Å². The Labute approximate surface area is 121 Å². The van der Waals surface area contributed by atoms with Crippen molar-refractivity contribution in [2.75, 3.05) is 21.1 Å². The number of hydrogen-bond acceptors (Lipinski definition) is 4. The lowest BCUT2D eigenvalue weighted by Crippen LogP contribution is -2.61. The van der Waals surface area contributed by atoms with Crippen molar-refractivity contribution in [3.63, 3.8) is 0 Å². The van der Waals surface area contributed by atoms with Crippen LogP contribution in [0.5, 0.6) is 0 Å². The minimum Gasteiger partial charge on any atom is -0.315 e. The van der Waals surface area contributed by atoms with Crippen molar-refractivity contribution in [2.45, 2.75) is 50.6 Å². The van der Waals surface area contributed by atoms with Crippen molar-refractivity contribution in [1.29, 1.82) is 0 Å². The average molecular weight is 281 g/mol. The predicted molar refractivity (Wildman–Crippen MR) is 82.7 cm³/mol. The molecule has 3 unspecified atom stereocenters. The van der Waals surface area contributed by atoms with Crippen LogP contribution in [0.2, 0.25) is 0 Å². The second kappa shape index (κ2) is 6.33. The average Bonchev–Trinajstić information content (AvgIpc) is 2.88. The van der Waals surface area contributed by atoms with Crippen LogP contribution in [0, 0.1) is 5.92 Å². The van der Waals surface area contributed by atoms with Gasteiger partial charge in [0.15, 0.2) is 0 Å². The van der Waals surface area contributed by atoms with E-state index >= 15 is 0 Å². The third-order valence-electron chi connectivity index (χ3n) is 4.79. The molecule has 0 radical (unpaired) electrons. The van der Waals surface area contributed by atoms with Crippen LogP contribution in [0.4, 0.5) is 0 Å². The van der Waals surface area contributed by atoms with Gasteiger partial charge in [-0.15, -0.1) is 11.3 Å². The molecule has 0 amide bonds. The lowest BCUT2D eigenvalue weighted by molar-refractivity contribution is 0.0401. The van der Waals surface area contributed by atoms with Crippen LogP contribution in [-0.2, 0) is 6.42 Å². The number of rotatable bonds is 5. The maximum Gasteiger partial charge on any atom is 0.0794 e. The van der Waals surface area contributed by atoms with Crippen LogP contribution in [0.3, 0.4) is 0 Å². The van der Waals surface area contributed by atoms with E-state index in [0.29, 0.717) is 6.04 Å². The lowest BCUT2D eigenvalue weighted by Gasteiger charge is -2.50. The highest BCUT2D eigenvalue weighted by molar-refractivity contribution is 7.09. The van der Waals surface area contributed by atoms with Crippen molar-refractivity contribution in [3.05, 3.63) is 16.6 Å². The Morgan fingerprint density at radius 2 is 2.37 bits per heavy atom. The summed E-state index contributed by atoms with van der Waals surface area (Å²) >= 11 is 1.77. The van der Waals surface area contributed by atoms with Gasteiger partial charge in [-0.2, -0.15) is 0 Å². The Balaban J connectivity index is 2.20. The zero-order valence-corrected chi connectivity index (χ0v) is 13.5. The van der Waals surface area contributed by atoms with E-state index in [0.717, 1.165) is 12.3 Å². The van der Waals surface area contributed by atoms with Gasteiger partial charge in [-0.3, -0.25) is 4.98 Å². The van der Waals surface area contributed by atoms with Gasteiger partial charge in [0.2, 0.25) is 0 Å². The summed E-state index contributed by atoms with van der Waals surface area (Å²) in [5, 5.41) is 3.59. The molecule has 19 heavy (non-hydrogen) atoms. The molecule has 2 rings (SSSR count). The molecule has 3 nitrogen and oxygen atoms in total. The largest absolute Gasteiger partial charge is 0.315 e. The van der Waals surface area contributed by atoms with Crippen LogP contribution in [0.1, 0.15) is 37.5 Å². The number of nitrogens with zero attached hydrogens (tertiary/aromatic N) is 2. The fraction of sp³-hybridized carbons (Fsp3) is 0.800. The molecule has 1 aromatic heterocycles. The standard InChI is InChI=1S/C15H27N3S/c1-12-6-5-7-15(9-12,18(3)4)14(16-2)8-13-10-17-11-19-13/h10-12,14,16H,5-9H2,1-4H3. The van der Waals surface area contributed by atoms with Gasteiger partial charge in [0, 0.05) is 29.1 Å². The van der Waals surface area contributed by atoms with Crippen molar-refractivity contribution < 1.29 is 0 Å². The van der Waals surface area contributed by atoms with Gasteiger partial charge in [0.1, 0.15) is 0 Å². The molecule has 3 atom stereocenters. The Hall–Kier alpha value is -0.450. The first-order valence-electron chi connectivity index (χ1n) is 7.30. The predicted octanol–water partition coefficient (Wildman–Crippen LogP) is 2.78. The molecule has 1 fully saturated rings. The van der Waals surface area contributed by atoms with Gasteiger partial charge >= 0.3 is 0 Å². The Morgan fingerprint density at radius 3 is 2.89 bits per heavy atom. The second-order valence-corrected chi connectivity index (χ2v) is 7.18. The van der Waals surface area contributed by atoms with Crippen molar-refractivity contribution in [3.8, 4) is 0 Å². The Kier molecular flexibility index (Phi) is 4.98. The molecule has 1 saturated carbocycles. The summed E-state index contributed by atoms with van der Waals surface area (Å²) in [7, 11) is 6.60. The fourth-order valence-electron chi connectivity index (χ4n) is 3.70. The topological polar surface area (TPSA) is 28.2 Å². The van der Waals surface area contributed by atoms with E-state index in [9.17, 15) is 0 Å². The van der Waals surface area contributed by atoms with Crippen LogP contribution >= 0.6 is 11.3 Å². The zero-order valence-electron chi connectivity index (χ0n) is 12.6. The van der Waals surface area contributed by atoms with Gasteiger partial charge in [-0.1, -0.05) is 19.8 Å². The van der Waals surface area contributed by atoms with E-state index < -0.39 is 0 Å². The molecule has 0 saturated heterocycles. The highest BCUT2D eigenvalue weighted by Crippen LogP contribution is 2.39. The summed E-state index contributed by atoms with van der Waals surface area (Å²) in [5.74, 6) is 0.827. The molecule has 1 aromatic rings. The number of likely N-dealkylation sites (N-methyl/N-ethyl adjacent to an activating group) is 2. The van der Waals surface area contributed by atoms with Gasteiger partial charge in [0.25, 0.3) is 0 Å². The normalized spacial score (nSPS) is 29.6. The molecule has 0 spiro atoms. The minimum absolute atomic E-state index is 0.288. The molecule has 1 aliphatic rings. The SMILES string of the molecule is CNC(Cc1cncs1)C1(N(C)C)CCCC(C)C1. The van der Waals surface area contributed by atoms with Gasteiger partial charge < -0.3 is 10.2 Å². The van der Waals surface area contributed by atoms with Gasteiger partial charge in [0.05, 0.1) is 5.51 Å². The molecule has 0 aliphatic heterocycles. The molecular formula is C15H27N3S. The Bertz CT molecular complexity index is 377. The number of hydrogen-bond donors (Lipinski definition) is 1. The zero-order chi connectivity index (χ0) is 13.9. The van der Waals surface area contributed by atoms with Crippen molar-refractivity contribution >= 4 is 11.3 Å². The Morgan fingerprint density at radius 1 is 1.58 bits per heavy atom. The second-order valence-electron chi connectivity index (χ2n) is 6.21. The molecule has 1 N–H and O–H groups in total. The maximum absolute atomic E-state index is 4.21. The summed E-state index contributed by atoms with van der Waals surface area (Å²) in [6.45, 7) is 2.40. The van der Waals surface area contributed by atoms with Crippen LogP contribution in [-0.4, -0.2) is 42.6 Å². The highest BCUT2D eigenvalue weighted by atomic mass is 32.1. The minimum atomic E-state index is 0.288. The number of thiazole rings is 1. The van der Waals surface area contributed by atoms with Gasteiger partial charge in [-0.25, -0.2) is 0 Å². The van der Waals surface area contributed by atoms with E-state index in [1.54, 1.807) is 11.3 Å². The smallest absolute Gasteiger partial charge is 0.0794 e. The van der Waals surface area contributed by atoms with E-state index in [2.05, 4.69) is 43.3 Å². The van der Waals surface area contributed by atoms with Crippen LogP contribution in [0.15, 0.2) is 11.7 Å². The van der Waals surface area contributed by atoms with E-state index in [1.807, 2.05) is 11.7 Å². The van der Waals surface area contributed by atoms with Crippen molar-refractivity contribution in [2.24, 2.45) is 5.92 Å². The third-order valence-corrected chi connectivity index (χ3v) is 5.59. The molecule has 108 valence electrons.